The van der Waals surface area contributed by atoms with Gasteiger partial charge in [-0.15, -0.1) is 0 Å². The summed E-state index contributed by atoms with van der Waals surface area (Å²) in [6.07, 6.45) is -0.967. The molecule has 1 rings (SSSR count). The Kier molecular flexibility index (Phi) is 4.08. The van der Waals surface area contributed by atoms with E-state index in [-0.39, 0.29) is 12.2 Å². The molecule has 1 aromatic rings. The van der Waals surface area contributed by atoms with Gasteiger partial charge in [0.2, 0.25) is 0 Å². The summed E-state index contributed by atoms with van der Waals surface area (Å²) >= 11 is 0. The van der Waals surface area contributed by atoms with Crippen LogP contribution in [0.2, 0.25) is 0 Å². The van der Waals surface area contributed by atoms with Gasteiger partial charge in [-0.1, -0.05) is 12.1 Å². The zero-order valence-electron chi connectivity index (χ0n) is 8.09. The summed E-state index contributed by atoms with van der Waals surface area (Å²) in [7, 11) is 0. The number of aliphatic hydroxyl groups excluding tert-OH is 2. The minimum Gasteiger partial charge on any atom is -0.490 e. The van der Waals surface area contributed by atoms with E-state index >= 15 is 0 Å². The molecule has 5 heteroatoms. The van der Waals surface area contributed by atoms with E-state index in [9.17, 15) is 4.79 Å². The van der Waals surface area contributed by atoms with Crippen LogP contribution in [0.15, 0.2) is 24.3 Å². The van der Waals surface area contributed by atoms with Gasteiger partial charge in [0, 0.05) is 0 Å². The highest BCUT2D eigenvalue weighted by molar-refractivity contribution is 5.95. The second-order valence-electron chi connectivity index (χ2n) is 3.01. The molecular formula is C10H13NO4. The third kappa shape index (κ3) is 3.23. The zero-order valence-corrected chi connectivity index (χ0v) is 8.09. The van der Waals surface area contributed by atoms with E-state index in [0.717, 1.165) is 0 Å². The number of amides is 1. The first-order valence-electron chi connectivity index (χ1n) is 4.45. The molecule has 15 heavy (non-hydrogen) atoms. The van der Waals surface area contributed by atoms with Crippen LogP contribution in [0, 0.1) is 0 Å². The molecule has 1 atom stereocenters. The molecule has 1 amide bonds. The van der Waals surface area contributed by atoms with Crippen molar-refractivity contribution in [3.63, 3.8) is 0 Å². The summed E-state index contributed by atoms with van der Waals surface area (Å²) in [5, 5.41) is 17.6. The molecule has 0 spiro atoms. The number of benzene rings is 1. The molecule has 0 aliphatic carbocycles. The Morgan fingerprint density at radius 2 is 2.13 bits per heavy atom. The highest BCUT2D eigenvalue weighted by Gasteiger charge is 2.09. The number of carbonyl (C=O) groups is 1. The van der Waals surface area contributed by atoms with Crippen LogP contribution in [-0.2, 0) is 0 Å². The molecule has 1 aromatic carbocycles. The van der Waals surface area contributed by atoms with Gasteiger partial charge < -0.3 is 20.7 Å². The summed E-state index contributed by atoms with van der Waals surface area (Å²) < 4.78 is 5.14. The van der Waals surface area contributed by atoms with Crippen molar-refractivity contribution >= 4 is 5.91 Å². The van der Waals surface area contributed by atoms with Gasteiger partial charge >= 0.3 is 0 Å². The number of rotatable bonds is 5. The van der Waals surface area contributed by atoms with Crippen LogP contribution in [0.4, 0.5) is 0 Å². The molecule has 0 fully saturated rings. The Balaban J connectivity index is 2.72. The van der Waals surface area contributed by atoms with Gasteiger partial charge in [-0.2, -0.15) is 0 Å². The fourth-order valence-corrected chi connectivity index (χ4v) is 1.03. The predicted molar refractivity (Wildman–Crippen MR) is 53.5 cm³/mol. The average molecular weight is 211 g/mol. The predicted octanol–water partition coefficient (Wildman–Crippen LogP) is -0.483. The topological polar surface area (TPSA) is 92.8 Å². The van der Waals surface area contributed by atoms with Crippen LogP contribution in [0.3, 0.4) is 0 Å². The second kappa shape index (κ2) is 5.33. The highest BCUT2D eigenvalue weighted by Crippen LogP contribution is 2.17. The zero-order chi connectivity index (χ0) is 11.3. The van der Waals surface area contributed by atoms with Crippen LogP contribution < -0.4 is 10.5 Å². The number of carbonyl (C=O) groups excluding carboxylic acids is 1. The van der Waals surface area contributed by atoms with E-state index in [4.69, 9.17) is 20.7 Å². The third-order valence-corrected chi connectivity index (χ3v) is 1.79. The van der Waals surface area contributed by atoms with Crippen LogP contribution in [0.5, 0.6) is 5.75 Å². The van der Waals surface area contributed by atoms with Crippen molar-refractivity contribution in [1.29, 1.82) is 0 Å². The average Bonchev–Trinajstić information content (AvgIpc) is 2.26. The van der Waals surface area contributed by atoms with Crippen LogP contribution >= 0.6 is 0 Å². The monoisotopic (exact) mass is 211 g/mol. The van der Waals surface area contributed by atoms with E-state index in [1.807, 2.05) is 0 Å². The first-order valence-corrected chi connectivity index (χ1v) is 4.45. The maximum Gasteiger partial charge on any atom is 0.252 e. The quantitative estimate of drug-likeness (QED) is 0.613. The molecule has 0 aromatic heterocycles. The highest BCUT2D eigenvalue weighted by atomic mass is 16.5. The van der Waals surface area contributed by atoms with Gasteiger partial charge in [-0.25, -0.2) is 0 Å². The van der Waals surface area contributed by atoms with E-state index in [0.29, 0.717) is 5.75 Å². The van der Waals surface area contributed by atoms with Crippen molar-refractivity contribution in [2.45, 2.75) is 6.10 Å². The number of para-hydroxylation sites is 1. The van der Waals surface area contributed by atoms with Gasteiger partial charge in [0.15, 0.2) is 0 Å². The van der Waals surface area contributed by atoms with E-state index in [1.54, 1.807) is 18.2 Å². The molecule has 5 nitrogen and oxygen atoms in total. The minimum atomic E-state index is -0.967. The Labute approximate surface area is 87.1 Å². The summed E-state index contributed by atoms with van der Waals surface area (Å²) in [6, 6.07) is 6.45. The number of hydrogen-bond donors (Lipinski definition) is 3. The lowest BCUT2D eigenvalue weighted by atomic mass is 10.2. The second-order valence-corrected chi connectivity index (χ2v) is 3.01. The molecule has 0 unspecified atom stereocenters. The number of nitrogens with two attached hydrogens (primary N) is 1. The normalized spacial score (nSPS) is 12.1. The number of aliphatic hydroxyl groups is 2. The summed E-state index contributed by atoms with van der Waals surface area (Å²) in [5.41, 5.74) is 5.38. The van der Waals surface area contributed by atoms with Crippen LogP contribution in [-0.4, -0.2) is 35.4 Å². The first-order chi connectivity index (χ1) is 7.15. The lowest BCUT2D eigenvalue weighted by molar-refractivity contribution is 0.0531. The molecule has 0 saturated carbocycles. The van der Waals surface area contributed by atoms with Crippen molar-refractivity contribution in [1.82, 2.24) is 0 Å². The van der Waals surface area contributed by atoms with Crippen molar-refractivity contribution in [2.75, 3.05) is 13.2 Å². The Bertz CT molecular complexity index is 340. The van der Waals surface area contributed by atoms with Gasteiger partial charge in [0.25, 0.3) is 5.91 Å². The maximum atomic E-state index is 11.0. The standard InChI is InChI=1S/C10H13NO4/c11-10(14)8-3-1-2-4-9(8)15-6-7(13)5-12/h1-4,7,12-13H,5-6H2,(H2,11,14)/t7-/m1/s1. The largest absolute Gasteiger partial charge is 0.490 e. The van der Waals surface area contributed by atoms with E-state index < -0.39 is 18.6 Å². The fourth-order valence-electron chi connectivity index (χ4n) is 1.03. The minimum absolute atomic E-state index is 0.0825. The van der Waals surface area contributed by atoms with Crippen molar-refractivity contribution in [3.05, 3.63) is 29.8 Å². The lowest BCUT2D eigenvalue weighted by Crippen LogP contribution is -2.22. The molecule has 0 saturated heterocycles. The van der Waals surface area contributed by atoms with E-state index in [1.165, 1.54) is 6.07 Å². The van der Waals surface area contributed by atoms with Crippen molar-refractivity contribution in [3.8, 4) is 5.75 Å². The van der Waals surface area contributed by atoms with Gasteiger partial charge in [0.05, 0.1) is 12.2 Å². The van der Waals surface area contributed by atoms with Crippen LogP contribution in [0.25, 0.3) is 0 Å². The number of hydrogen-bond acceptors (Lipinski definition) is 4. The summed E-state index contributed by atoms with van der Waals surface area (Å²) in [6.45, 7) is -0.473. The maximum absolute atomic E-state index is 11.0. The third-order valence-electron chi connectivity index (χ3n) is 1.79. The molecule has 0 aliphatic rings. The molecule has 0 heterocycles. The van der Waals surface area contributed by atoms with Gasteiger partial charge in [-0.3, -0.25) is 4.79 Å². The Morgan fingerprint density at radius 3 is 2.73 bits per heavy atom. The van der Waals surface area contributed by atoms with Crippen molar-refractivity contribution < 1.29 is 19.7 Å². The van der Waals surface area contributed by atoms with E-state index in [2.05, 4.69) is 0 Å². The molecular weight excluding hydrogens is 198 g/mol. The summed E-state index contributed by atoms with van der Waals surface area (Å²) in [5.74, 6) is -0.290. The SMILES string of the molecule is NC(=O)c1ccccc1OC[C@H](O)CO. The molecule has 0 aliphatic heterocycles. The fraction of sp³-hybridized carbons (Fsp3) is 0.300. The van der Waals surface area contributed by atoms with Gasteiger partial charge in [0.1, 0.15) is 18.5 Å². The number of ether oxygens (including phenoxy) is 1. The molecule has 4 N–H and O–H groups in total. The lowest BCUT2D eigenvalue weighted by Gasteiger charge is -2.11. The smallest absolute Gasteiger partial charge is 0.252 e. The van der Waals surface area contributed by atoms with Crippen molar-refractivity contribution in [2.24, 2.45) is 5.73 Å². The molecule has 82 valence electrons. The molecule has 0 bridgehead atoms. The first kappa shape index (κ1) is 11.5. The van der Waals surface area contributed by atoms with Crippen LogP contribution in [0.1, 0.15) is 10.4 Å². The number of primary amides is 1. The Hall–Kier alpha value is -1.59. The Morgan fingerprint density at radius 1 is 1.47 bits per heavy atom. The summed E-state index contributed by atoms with van der Waals surface area (Å²) in [4.78, 5) is 11.0. The molecule has 0 radical (unpaired) electrons. The van der Waals surface area contributed by atoms with Gasteiger partial charge in [-0.05, 0) is 12.1 Å².